The molecule has 1 aliphatic heterocycles. The summed E-state index contributed by atoms with van der Waals surface area (Å²) in [5.41, 5.74) is 10.1. The first-order valence-corrected chi connectivity index (χ1v) is 19.6. The van der Waals surface area contributed by atoms with E-state index in [0.29, 0.717) is 5.92 Å². The summed E-state index contributed by atoms with van der Waals surface area (Å²) in [6, 6.07) is 44.9. The van der Waals surface area contributed by atoms with Gasteiger partial charge in [-0.25, -0.2) is 0 Å². The van der Waals surface area contributed by atoms with Crippen LogP contribution in [-0.4, -0.2) is 12.8 Å². The summed E-state index contributed by atoms with van der Waals surface area (Å²) in [7, 11) is 0. The number of aliphatic imine (C=N–C) groups is 1. The smallest absolute Gasteiger partial charge is 0.0426 e. The van der Waals surface area contributed by atoms with Gasteiger partial charge in [-0.1, -0.05) is 154 Å². The van der Waals surface area contributed by atoms with Crippen molar-refractivity contribution < 1.29 is 0 Å². The van der Waals surface area contributed by atoms with Crippen molar-refractivity contribution >= 4 is 44.1 Å². The molecule has 1 nitrogen and oxygen atoms in total. The molecule has 0 radical (unpaired) electrons. The number of hydrogen-bond acceptors (Lipinski definition) is 1. The first-order chi connectivity index (χ1) is 26.0. The molecule has 0 saturated heterocycles. The molecule has 6 aromatic carbocycles. The van der Waals surface area contributed by atoms with E-state index in [4.69, 9.17) is 0 Å². The van der Waals surface area contributed by atoms with E-state index in [9.17, 15) is 0 Å². The molecule has 53 heavy (non-hydrogen) atoms. The van der Waals surface area contributed by atoms with Gasteiger partial charge in [0.2, 0.25) is 0 Å². The number of fused-ring (bicyclic) bond motifs is 6. The van der Waals surface area contributed by atoms with Gasteiger partial charge in [-0.2, -0.15) is 0 Å². The van der Waals surface area contributed by atoms with Crippen LogP contribution in [0.1, 0.15) is 71.3 Å². The van der Waals surface area contributed by atoms with Crippen LogP contribution in [-0.2, 0) is 0 Å². The predicted octanol–water partition coefficient (Wildman–Crippen LogP) is 14.4. The molecule has 1 heteroatoms. The van der Waals surface area contributed by atoms with Gasteiger partial charge in [0.05, 0.1) is 0 Å². The summed E-state index contributed by atoms with van der Waals surface area (Å²) >= 11 is 0. The Morgan fingerprint density at radius 3 is 2.19 bits per heavy atom. The molecule has 1 heterocycles. The third-order valence-electron chi connectivity index (χ3n) is 11.5. The molecule has 8 rings (SSSR count). The first kappa shape index (κ1) is 34.6. The van der Waals surface area contributed by atoms with Gasteiger partial charge in [-0.05, 0) is 134 Å². The minimum absolute atomic E-state index is 0.142. The van der Waals surface area contributed by atoms with Crippen LogP contribution in [0, 0.1) is 23.5 Å². The standard InChI is InChI=1S/C52H49N/c1-37(38-30-32-53-33-31-38)34-40(36-52(2,3)41-18-8-6-4-5-7-9-19-41)43-21-11-13-23-45(43)44-22-12-10-20-42(44)39-28-29-50-48-26-15-14-24-46(48)47-25-16-17-27-49(47)51(50)35-39/h8,10-12,14-22,24-30,32,35-37H,4-7,9,31,33-34H2,1-3H3. The third-order valence-corrected chi connectivity index (χ3v) is 11.5. The van der Waals surface area contributed by atoms with E-state index in [1.165, 1.54) is 90.6 Å². The van der Waals surface area contributed by atoms with Gasteiger partial charge in [0.1, 0.15) is 0 Å². The molecule has 2 aliphatic rings. The highest BCUT2D eigenvalue weighted by molar-refractivity contribution is 6.25. The molecule has 0 fully saturated rings. The quantitative estimate of drug-likeness (QED) is 0.141. The zero-order valence-corrected chi connectivity index (χ0v) is 31.5. The van der Waals surface area contributed by atoms with Crippen LogP contribution >= 0.6 is 0 Å². The van der Waals surface area contributed by atoms with E-state index in [0.717, 1.165) is 37.8 Å². The Labute approximate surface area is 316 Å². The molecule has 1 atom stereocenters. The molecule has 0 amide bonds. The Bertz CT molecular complexity index is 2410. The average molecular weight is 688 g/mol. The molecule has 0 bridgehead atoms. The molecule has 1 aliphatic carbocycles. The van der Waals surface area contributed by atoms with Gasteiger partial charge < -0.3 is 0 Å². The fraction of sp³-hybridized carbons (Fsp3) is 0.250. The van der Waals surface area contributed by atoms with Crippen LogP contribution in [0.15, 0.2) is 150 Å². The summed E-state index contributed by atoms with van der Waals surface area (Å²) in [5, 5.41) is 7.76. The Balaban J connectivity index is 1.28. The van der Waals surface area contributed by atoms with Gasteiger partial charge in [0.25, 0.3) is 0 Å². The SMILES string of the molecule is CC(CC(=CC(C)(C)C1=CCCCCCC=C1)c1ccc#cc1-c1ccccc1-c1ccc2c3ccccc3c3ccccc3c2c1)C1=CC=NCC1. The first-order valence-electron chi connectivity index (χ1n) is 19.6. The van der Waals surface area contributed by atoms with Crippen molar-refractivity contribution in [3.63, 3.8) is 0 Å². The molecular weight excluding hydrogens is 639 g/mol. The van der Waals surface area contributed by atoms with E-state index in [-0.39, 0.29) is 5.41 Å². The maximum absolute atomic E-state index is 4.49. The van der Waals surface area contributed by atoms with E-state index in [1.54, 1.807) is 0 Å². The lowest BCUT2D eigenvalue weighted by Crippen LogP contribution is -2.13. The molecule has 1 unspecified atom stereocenters. The minimum atomic E-state index is -0.142. The van der Waals surface area contributed by atoms with Crippen LogP contribution in [0.4, 0.5) is 0 Å². The van der Waals surface area contributed by atoms with E-state index in [2.05, 4.69) is 165 Å². The summed E-state index contributed by atoms with van der Waals surface area (Å²) in [5.74, 6) is 0.393. The largest absolute Gasteiger partial charge is 0.293 e. The van der Waals surface area contributed by atoms with Gasteiger partial charge in [0, 0.05) is 23.7 Å². The zero-order chi connectivity index (χ0) is 36.2. The molecule has 262 valence electrons. The Morgan fingerprint density at radius 2 is 1.45 bits per heavy atom. The maximum atomic E-state index is 4.49. The Hall–Kier alpha value is -5.45. The fourth-order valence-corrected chi connectivity index (χ4v) is 8.63. The molecule has 0 aromatic heterocycles. The zero-order valence-electron chi connectivity index (χ0n) is 31.5. The molecular formula is C52H49N. The van der Waals surface area contributed by atoms with Crippen molar-refractivity contribution in [1.29, 1.82) is 0 Å². The van der Waals surface area contributed by atoms with Gasteiger partial charge in [-0.15, -0.1) is 0 Å². The number of nitrogens with zero attached hydrogens (tertiary/aromatic N) is 1. The number of dihydropyridines is 1. The van der Waals surface area contributed by atoms with E-state index >= 15 is 0 Å². The highest BCUT2D eigenvalue weighted by Crippen LogP contribution is 2.43. The van der Waals surface area contributed by atoms with Crippen molar-refractivity contribution in [2.24, 2.45) is 16.3 Å². The summed E-state index contributed by atoms with van der Waals surface area (Å²) in [4.78, 5) is 4.49. The summed E-state index contributed by atoms with van der Waals surface area (Å²) < 4.78 is 0. The minimum Gasteiger partial charge on any atom is -0.293 e. The lowest BCUT2D eigenvalue weighted by atomic mass is 9.77. The lowest BCUT2D eigenvalue weighted by Gasteiger charge is -2.27. The highest BCUT2D eigenvalue weighted by Gasteiger charge is 2.24. The van der Waals surface area contributed by atoms with Crippen LogP contribution in [0.3, 0.4) is 0 Å². The van der Waals surface area contributed by atoms with E-state index < -0.39 is 0 Å². The van der Waals surface area contributed by atoms with Gasteiger partial charge in [-0.3, -0.25) is 4.99 Å². The topological polar surface area (TPSA) is 12.4 Å². The van der Waals surface area contributed by atoms with Crippen molar-refractivity contribution in [2.75, 3.05) is 6.54 Å². The van der Waals surface area contributed by atoms with Crippen LogP contribution in [0.5, 0.6) is 0 Å². The van der Waals surface area contributed by atoms with Crippen molar-refractivity contribution in [1.82, 2.24) is 0 Å². The summed E-state index contributed by atoms with van der Waals surface area (Å²) in [6.45, 7) is 8.06. The number of benzene rings is 5. The van der Waals surface area contributed by atoms with Gasteiger partial charge >= 0.3 is 0 Å². The molecule has 0 N–H and O–H groups in total. The van der Waals surface area contributed by atoms with E-state index in [1.807, 2.05) is 12.3 Å². The second-order valence-electron chi connectivity index (χ2n) is 15.5. The Morgan fingerprint density at radius 1 is 0.774 bits per heavy atom. The lowest BCUT2D eigenvalue weighted by molar-refractivity contribution is 0.585. The predicted molar refractivity (Wildman–Crippen MR) is 229 cm³/mol. The second-order valence-corrected chi connectivity index (χ2v) is 15.5. The van der Waals surface area contributed by atoms with Crippen molar-refractivity contribution in [2.45, 2.75) is 65.7 Å². The normalized spacial score (nSPS) is 16.1. The van der Waals surface area contributed by atoms with Crippen LogP contribution in [0.2, 0.25) is 0 Å². The molecule has 0 saturated carbocycles. The van der Waals surface area contributed by atoms with Crippen LogP contribution < -0.4 is 0 Å². The number of rotatable bonds is 8. The van der Waals surface area contributed by atoms with Crippen molar-refractivity contribution in [3.05, 3.63) is 162 Å². The highest BCUT2D eigenvalue weighted by atomic mass is 14.7. The molecule has 6 aromatic rings. The number of hydrogen-bond donors (Lipinski definition) is 0. The van der Waals surface area contributed by atoms with Crippen LogP contribution in [0.25, 0.3) is 60.1 Å². The average Bonchev–Trinajstić information content (AvgIpc) is 3.36. The molecule has 0 spiro atoms. The summed E-state index contributed by atoms with van der Waals surface area (Å²) in [6.07, 6.45) is 22.2. The third kappa shape index (κ3) is 7.17. The fourth-order valence-electron chi connectivity index (χ4n) is 8.63. The number of allylic oxidation sites excluding steroid dienone is 7. The monoisotopic (exact) mass is 687 g/mol. The van der Waals surface area contributed by atoms with Crippen molar-refractivity contribution in [3.8, 4) is 22.3 Å². The maximum Gasteiger partial charge on any atom is 0.0426 e. The second kappa shape index (κ2) is 15.3. The Kier molecular flexibility index (Phi) is 9.97. The van der Waals surface area contributed by atoms with Gasteiger partial charge in [0.15, 0.2) is 0 Å².